The van der Waals surface area contributed by atoms with Gasteiger partial charge in [-0.05, 0) is 48.3 Å². The van der Waals surface area contributed by atoms with Gasteiger partial charge in [-0.15, -0.1) is 0 Å². The molecule has 7 heteroatoms. The van der Waals surface area contributed by atoms with E-state index in [1.807, 2.05) is 42.5 Å². The number of hydrogen-bond donors (Lipinski definition) is 2. The van der Waals surface area contributed by atoms with Crippen molar-refractivity contribution < 1.29 is 9.84 Å². The van der Waals surface area contributed by atoms with Crippen LogP contribution in [0.3, 0.4) is 0 Å². The minimum absolute atomic E-state index is 0.176. The van der Waals surface area contributed by atoms with E-state index in [2.05, 4.69) is 21.4 Å². The molecule has 0 aliphatic heterocycles. The first-order valence-electron chi connectivity index (χ1n) is 8.79. The summed E-state index contributed by atoms with van der Waals surface area (Å²) in [4.78, 5) is 0. The number of benzene rings is 2. The van der Waals surface area contributed by atoms with Crippen molar-refractivity contribution >= 4 is 18.4 Å². The Morgan fingerprint density at radius 2 is 2.15 bits per heavy atom. The topological polar surface area (TPSA) is 75.4 Å². The average molecular weight is 380 g/mol. The third-order valence-electron chi connectivity index (χ3n) is 4.86. The molecule has 0 fully saturated rings. The first-order valence-corrected chi connectivity index (χ1v) is 9.20. The van der Waals surface area contributed by atoms with Crippen LogP contribution in [0.15, 0.2) is 53.6 Å². The van der Waals surface area contributed by atoms with Crippen molar-refractivity contribution in [3.63, 3.8) is 0 Å². The summed E-state index contributed by atoms with van der Waals surface area (Å²) in [5.74, 6) is 1.15. The lowest BCUT2D eigenvalue weighted by Crippen LogP contribution is -2.26. The Hall–Kier alpha value is -2.77. The van der Waals surface area contributed by atoms with E-state index in [-0.39, 0.29) is 5.92 Å². The first-order chi connectivity index (χ1) is 13.2. The van der Waals surface area contributed by atoms with E-state index in [9.17, 15) is 5.11 Å². The third-order valence-corrected chi connectivity index (χ3v) is 5.12. The zero-order valence-corrected chi connectivity index (χ0v) is 15.7. The molecule has 0 spiro atoms. The number of aliphatic hydroxyl groups is 1. The molecule has 1 aliphatic carbocycles. The highest BCUT2D eigenvalue weighted by atomic mass is 32.1. The molecule has 4 rings (SSSR count). The number of rotatable bonds is 4. The SMILES string of the molecule is COc1cccc(-c2n[nH]c(=S)n2/N=C\[C@@H]2c3ccccc3CC[C@@H]2O)c1. The Morgan fingerprint density at radius 3 is 3.00 bits per heavy atom. The highest BCUT2D eigenvalue weighted by molar-refractivity contribution is 7.71. The molecule has 0 amide bonds. The largest absolute Gasteiger partial charge is 0.497 e. The number of nitrogens with zero attached hydrogens (tertiary/aromatic N) is 3. The summed E-state index contributed by atoms with van der Waals surface area (Å²) in [6.07, 6.45) is 2.89. The molecule has 1 heterocycles. The molecule has 0 saturated carbocycles. The normalized spacial score (nSPS) is 19.2. The summed E-state index contributed by atoms with van der Waals surface area (Å²) in [6, 6.07) is 15.7. The fourth-order valence-electron chi connectivity index (χ4n) is 3.44. The van der Waals surface area contributed by atoms with E-state index >= 15 is 0 Å². The Balaban J connectivity index is 1.71. The van der Waals surface area contributed by atoms with Gasteiger partial charge in [-0.25, -0.2) is 5.10 Å². The molecule has 1 aromatic heterocycles. The minimum atomic E-state index is -0.468. The lowest BCUT2D eigenvalue weighted by Gasteiger charge is -2.27. The molecule has 2 atom stereocenters. The zero-order valence-electron chi connectivity index (χ0n) is 14.9. The fraction of sp³-hybridized carbons (Fsp3) is 0.250. The predicted octanol–water partition coefficient (Wildman–Crippen LogP) is 3.54. The number of nitrogens with one attached hydrogen (secondary N) is 1. The van der Waals surface area contributed by atoms with Crippen molar-refractivity contribution in [1.82, 2.24) is 14.9 Å². The standard InChI is InChI=1S/C20H20N4O2S/c1-26-15-7-4-6-14(11-15)19-22-23-20(27)24(19)21-12-17-16-8-3-2-5-13(16)9-10-18(17)25/h2-8,11-12,17-18,25H,9-10H2,1H3,(H,23,27)/b21-12-/t17-,18+/m1/s1. The van der Waals surface area contributed by atoms with Crippen LogP contribution in [-0.2, 0) is 6.42 Å². The van der Waals surface area contributed by atoms with Crippen molar-refractivity contribution in [3.8, 4) is 17.1 Å². The summed E-state index contributed by atoms with van der Waals surface area (Å²) in [5, 5.41) is 22.2. The molecule has 27 heavy (non-hydrogen) atoms. The van der Waals surface area contributed by atoms with E-state index in [1.54, 1.807) is 18.0 Å². The maximum Gasteiger partial charge on any atom is 0.216 e. The van der Waals surface area contributed by atoms with Crippen molar-refractivity contribution in [2.75, 3.05) is 7.11 Å². The van der Waals surface area contributed by atoms with Crippen LogP contribution in [-0.4, -0.2) is 39.4 Å². The molecule has 1 aliphatic rings. The maximum absolute atomic E-state index is 10.5. The van der Waals surface area contributed by atoms with Crippen LogP contribution in [0.25, 0.3) is 11.4 Å². The quantitative estimate of drug-likeness (QED) is 0.536. The van der Waals surface area contributed by atoms with E-state index in [1.165, 1.54) is 5.56 Å². The summed E-state index contributed by atoms with van der Waals surface area (Å²) in [5.41, 5.74) is 3.20. The van der Waals surface area contributed by atoms with Gasteiger partial charge >= 0.3 is 0 Å². The van der Waals surface area contributed by atoms with Gasteiger partial charge in [-0.1, -0.05) is 36.4 Å². The highest BCUT2D eigenvalue weighted by Crippen LogP contribution is 2.31. The molecule has 0 bridgehead atoms. The molecule has 3 aromatic rings. The minimum Gasteiger partial charge on any atom is -0.497 e. The smallest absolute Gasteiger partial charge is 0.216 e. The van der Waals surface area contributed by atoms with E-state index in [0.29, 0.717) is 17.0 Å². The molecule has 0 unspecified atom stereocenters. The van der Waals surface area contributed by atoms with E-state index < -0.39 is 6.10 Å². The van der Waals surface area contributed by atoms with Crippen molar-refractivity contribution in [1.29, 1.82) is 0 Å². The number of H-pyrrole nitrogens is 1. The Morgan fingerprint density at radius 1 is 1.30 bits per heavy atom. The number of methoxy groups -OCH3 is 1. The van der Waals surface area contributed by atoms with Crippen molar-refractivity contribution in [2.45, 2.75) is 24.9 Å². The number of aryl methyl sites for hydroxylation is 1. The Bertz CT molecular complexity index is 1040. The zero-order chi connectivity index (χ0) is 18.8. The molecule has 6 nitrogen and oxygen atoms in total. The highest BCUT2D eigenvalue weighted by Gasteiger charge is 2.26. The van der Waals surface area contributed by atoms with Crippen LogP contribution in [0.4, 0.5) is 0 Å². The van der Waals surface area contributed by atoms with Crippen LogP contribution < -0.4 is 4.74 Å². The van der Waals surface area contributed by atoms with Crippen molar-refractivity contribution in [3.05, 3.63) is 64.4 Å². The van der Waals surface area contributed by atoms with Crippen LogP contribution in [0, 0.1) is 4.77 Å². The van der Waals surface area contributed by atoms with Gasteiger partial charge in [0.2, 0.25) is 4.77 Å². The first kappa shape index (κ1) is 17.6. The van der Waals surface area contributed by atoms with Gasteiger partial charge in [0.25, 0.3) is 0 Å². The lowest BCUT2D eigenvalue weighted by molar-refractivity contribution is 0.149. The second-order valence-corrected chi connectivity index (χ2v) is 6.88. The second kappa shape index (κ2) is 7.46. The average Bonchev–Trinajstić information content (AvgIpc) is 3.08. The molecular weight excluding hydrogens is 360 g/mol. The van der Waals surface area contributed by atoms with Gasteiger partial charge in [0.1, 0.15) is 5.75 Å². The van der Waals surface area contributed by atoms with E-state index in [4.69, 9.17) is 17.0 Å². The van der Waals surface area contributed by atoms with Gasteiger partial charge in [-0.3, -0.25) is 0 Å². The number of aliphatic hydroxyl groups excluding tert-OH is 1. The Labute approximate surface area is 162 Å². The van der Waals surface area contributed by atoms with Gasteiger partial charge in [0.05, 0.1) is 13.2 Å². The molecule has 2 aromatic carbocycles. The van der Waals surface area contributed by atoms with Crippen LogP contribution in [0.1, 0.15) is 23.5 Å². The monoisotopic (exact) mass is 380 g/mol. The summed E-state index contributed by atoms with van der Waals surface area (Å²) >= 11 is 5.35. The van der Waals surface area contributed by atoms with Crippen molar-refractivity contribution in [2.24, 2.45) is 5.10 Å². The third kappa shape index (κ3) is 3.43. The van der Waals surface area contributed by atoms with E-state index in [0.717, 1.165) is 23.3 Å². The van der Waals surface area contributed by atoms with Crippen LogP contribution in [0.5, 0.6) is 5.75 Å². The lowest BCUT2D eigenvalue weighted by atomic mass is 9.81. The van der Waals surface area contributed by atoms with Gasteiger partial charge in [0.15, 0.2) is 5.82 Å². The molecule has 2 N–H and O–H groups in total. The Kier molecular flexibility index (Phi) is 4.87. The van der Waals surface area contributed by atoms with Gasteiger partial charge in [0, 0.05) is 17.7 Å². The number of aromatic amines is 1. The molecular formula is C20H20N4O2S. The second-order valence-electron chi connectivity index (χ2n) is 6.49. The fourth-order valence-corrected chi connectivity index (χ4v) is 3.62. The molecule has 0 radical (unpaired) electrons. The number of ether oxygens (including phenoxy) is 1. The number of aromatic nitrogens is 3. The summed E-state index contributed by atoms with van der Waals surface area (Å²) < 4.78 is 7.26. The molecule has 138 valence electrons. The van der Waals surface area contributed by atoms with Gasteiger partial charge in [-0.2, -0.15) is 14.9 Å². The van der Waals surface area contributed by atoms with Crippen LogP contribution >= 0.6 is 12.2 Å². The van der Waals surface area contributed by atoms with Gasteiger partial charge < -0.3 is 9.84 Å². The summed E-state index contributed by atoms with van der Waals surface area (Å²) in [6.45, 7) is 0. The summed E-state index contributed by atoms with van der Waals surface area (Å²) in [7, 11) is 1.62. The predicted molar refractivity (Wildman–Crippen MR) is 107 cm³/mol. The van der Waals surface area contributed by atoms with Crippen LogP contribution in [0.2, 0.25) is 0 Å². The number of hydrogen-bond acceptors (Lipinski definition) is 5. The molecule has 0 saturated heterocycles. The number of fused-ring (bicyclic) bond motifs is 1. The maximum atomic E-state index is 10.5.